The minimum absolute atomic E-state index is 0. The number of carboxylic acids is 1. The summed E-state index contributed by atoms with van der Waals surface area (Å²) in [5, 5.41) is 13.4. The Morgan fingerprint density at radius 3 is 2.40 bits per heavy atom. The molecule has 0 aromatic rings. The zero-order chi connectivity index (χ0) is 9.68. The second kappa shape index (κ2) is 8.60. The summed E-state index contributed by atoms with van der Waals surface area (Å²) in [7, 11) is 0. The summed E-state index contributed by atoms with van der Waals surface area (Å²) in [5.74, 6) is -1.08. The molecular formula is C9H20N2O4. The Morgan fingerprint density at radius 1 is 1.33 bits per heavy atom. The summed E-state index contributed by atoms with van der Waals surface area (Å²) in [6, 6.07) is 0. The van der Waals surface area contributed by atoms with Gasteiger partial charge in [-0.15, -0.1) is 0 Å². The van der Waals surface area contributed by atoms with Gasteiger partial charge in [0.2, 0.25) is 6.17 Å². The van der Waals surface area contributed by atoms with Gasteiger partial charge in [-0.2, -0.15) is 0 Å². The molecular weight excluding hydrogens is 200 g/mol. The number of aliphatic carboxylic acids is 1. The largest absolute Gasteiger partial charge is 0.550 e. The fraction of sp³-hybridized carbons (Fsp3) is 0.889. The Bertz CT molecular complexity index is 161. The summed E-state index contributed by atoms with van der Waals surface area (Å²) in [5.41, 5.74) is 0. The van der Waals surface area contributed by atoms with E-state index in [0.29, 0.717) is 6.17 Å². The van der Waals surface area contributed by atoms with Gasteiger partial charge in [0, 0.05) is 31.9 Å². The quantitative estimate of drug-likeness (QED) is 0.449. The Morgan fingerprint density at radius 2 is 1.87 bits per heavy atom. The van der Waals surface area contributed by atoms with Gasteiger partial charge in [-0.1, -0.05) is 0 Å². The molecule has 15 heavy (non-hydrogen) atoms. The maximum Gasteiger partial charge on any atom is 0.248 e. The standard InChI is InChI=1S/C7H13N2.C2H4O2.2H2O/c1-3-7-8-4-2-6-9(7)5-1;1-2(3)4;;/h7H,1-6H2;1H3,(H,3,4);2*1H2/q+1;;;/p-1. The normalized spacial score (nSPS) is 23.7. The highest BCUT2D eigenvalue weighted by Gasteiger charge is 2.36. The van der Waals surface area contributed by atoms with E-state index in [-0.39, 0.29) is 11.0 Å². The molecule has 6 heteroatoms. The monoisotopic (exact) mass is 220 g/mol. The fourth-order valence-corrected chi connectivity index (χ4v) is 1.79. The summed E-state index contributed by atoms with van der Waals surface area (Å²) >= 11 is 0. The van der Waals surface area contributed by atoms with Gasteiger partial charge in [0.05, 0.1) is 5.32 Å². The van der Waals surface area contributed by atoms with Gasteiger partial charge in [0.15, 0.2) is 6.54 Å². The smallest absolute Gasteiger partial charge is 0.248 e. The molecule has 0 aromatic heterocycles. The van der Waals surface area contributed by atoms with E-state index in [1.54, 1.807) is 0 Å². The molecule has 2 saturated heterocycles. The molecule has 0 bridgehead atoms. The molecule has 0 amide bonds. The van der Waals surface area contributed by atoms with Crippen LogP contribution in [-0.4, -0.2) is 47.6 Å². The van der Waals surface area contributed by atoms with E-state index in [1.807, 2.05) is 0 Å². The summed E-state index contributed by atoms with van der Waals surface area (Å²) in [4.78, 5) is 11.4. The molecule has 2 fully saturated rings. The molecule has 2 aliphatic heterocycles. The minimum Gasteiger partial charge on any atom is -0.550 e. The average Bonchev–Trinajstić information content (AvgIpc) is 2.49. The predicted octanol–water partition coefficient (Wildman–Crippen LogP) is -2.48. The minimum atomic E-state index is -1.08. The van der Waals surface area contributed by atoms with Crippen molar-refractivity contribution >= 4 is 5.97 Å². The second-order valence-corrected chi connectivity index (χ2v) is 3.41. The lowest BCUT2D eigenvalue weighted by molar-refractivity contribution is -0.302. The zero-order valence-electron chi connectivity index (χ0n) is 9.03. The van der Waals surface area contributed by atoms with Crippen molar-refractivity contribution in [2.45, 2.75) is 32.4 Å². The van der Waals surface area contributed by atoms with Gasteiger partial charge in [-0.05, 0) is 13.3 Å². The van der Waals surface area contributed by atoms with E-state index >= 15 is 0 Å². The van der Waals surface area contributed by atoms with Crippen LogP contribution in [0.3, 0.4) is 0 Å². The lowest BCUT2D eigenvalue weighted by Crippen LogP contribution is -2.42. The van der Waals surface area contributed by atoms with Crippen LogP contribution in [0.25, 0.3) is 0 Å². The zero-order valence-corrected chi connectivity index (χ0v) is 9.03. The van der Waals surface area contributed by atoms with Gasteiger partial charge in [-0.3, -0.25) is 0 Å². The van der Waals surface area contributed by atoms with Crippen molar-refractivity contribution in [1.82, 2.24) is 10.2 Å². The lowest BCUT2D eigenvalue weighted by Gasteiger charge is -2.18. The molecule has 0 spiro atoms. The number of carboxylic acid groups (broad SMARTS) is 1. The number of carbonyl (C=O) groups is 1. The highest BCUT2D eigenvalue weighted by Crippen LogP contribution is 2.18. The first-order valence-electron chi connectivity index (χ1n) is 4.78. The van der Waals surface area contributed by atoms with Crippen molar-refractivity contribution in [3.05, 3.63) is 0 Å². The molecule has 0 aliphatic carbocycles. The van der Waals surface area contributed by atoms with Crippen molar-refractivity contribution in [1.29, 1.82) is 0 Å². The maximum atomic E-state index is 8.89. The molecule has 90 valence electrons. The van der Waals surface area contributed by atoms with E-state index in [2.05, 4.69) is 10.2 Å². The van der Waals surface area contributed by atoms with E-state index in [0.717, 1.165) is 13.5 Å². The molecule has 1 unspecified atom stereocenters. The van der Waals surface area contributed by atoms with Crippen molar-refractivity contribution in [2.24, 2.45) is 0 Å². The molecule has 6 nitrogen and oxygen atoms in total. The molecule has 2 rings (SSSR count). The fourth-order valence-electron chi connectivity index (χ4n) is 1.79. The van der Waals surface area contributed by atoms with Crippen LogP contribution < -0.4 is 10.4 Å². The van der Waals surface area contributed by atoms with Gasteiger partial charge in [0.25, 0.3) is 0 Å². The molecule has 1 atom stereocenters. The van der Waals surface area contributed by atoms with E-state index < -0.39 is 5.97 Å². The van der Waals surface area contributed by atoms with Gasteiger partial charge in [-0.25, -0.2) is 4.90 Å². The van der Waals surface area contributed by atoms with Crippen LogP contribution in [0.5, 0.6) is 0 Å². The summed E-state index contributed by atoms with van der Waals surface area (Å²) in [6.07, 6.45) is 4.60. The van der Waals surface area contributed by atoms with Gasteiger partial charge in [0.1, 0.15) is 0 Å². The van der Waals surface area contributed by atoms with Crippen LogP contribution in [0.1, 0.15) is 26.2 Å². The Balaban J connectivity index is 0. The summed E-state index contributed by atoms with van der Waals surface area (Å²) in [6.45, 7) is 4.68. The van der Waals surface area contributed by atoms with Crippen molar-refractivity contribution in [3.63, 3.8) is 0 Å². The van der Waals surface area contributed by atoms with Crippen LogP contribution in [0.4, 0.5) is 0 Å². The van der Waals surface area contributed by atoms with Crippen LogP contribution in [-0.2, 0) is 4.79 Å². The lowest BCUT2D eigenvalue weighted by atomic mass is 10.2. The first kappa shape index (κ1) is 16.7. The van der Waals surface area contributed by atoms with Crippen LogP contribution >= 0.6 is 0 Å². The van der Waals surface area contributed by atoms with Crippen LogP contribution in [0.2, 0.25) is 0 Å². The number of hydrogen-bond acceptors (Lipinski definition) is 3. The number of carbonyl (C=O) groups excluding carboxylic acids is 1. The molecule has 0 aromatic carbocycles. The van der Waals surface area contributed by atoms with E-state index in [4.69, 9.17) is 9.90 Å². The van der Waals surface area contributed by atoms with Crippen molar-refractivity contribution in [2.75, 3.05) is 19.6 Å². The summed E-state index contributed by atoms with van der Waals surface area (Å²) < 4.78 is 0. The Labute approximate surface area is 89.9 Å². The maximum absolute atomic E-state index is 8.89. The third-order valence-corrected chi connectivity index (χ3v) is 2.27. The van der Waals surface area contributed by atoms with Crippen molar-refractivity contribution < 1.29 is 20.9 Å². The highest BCUT2D eigenvalue weighted by atomic mass is 16.4. The molecule has 2 aliphatic rings. The van der Waals surface area contributed by atoms with Crippen LogP contribution in [0, 0.1) is 0 Å². The second-order valence-electron chi connectivity index (χ2n) is 3.41. The van der Waals surface area contributed by atoms with Gasteiger partial charge < -0.3 is 20.9 Å². The number of hydrogen-bond donors (Lipinski definition) is 0. The number of nitrogens with zero attached hydrogens (tertiary/aromatic N) is 2. The molecule has 2 heterocycles. The highest BCUT2D eigenvalue weighted by molar-refractivity contribution is 5.60. The van der Waals surface area contributed by atoms with Gasteiger partial charge >= 0.3 is 0 Å². The predicted molar refractivity (Wildman–Crippen MR) is 54.1 cm³/mol. The number of rotatable bonds is 0. The van der Waals surface area contributed by atoms with E-state index in [1.165, 1.54) is 32.4 Å². The third-order valence-electron chi connectivity index (χ3n) is 2.27. The topological polar surface area (TPSA) is 120 Å². The average molecular weight is 220 g/mol. The molecule has 2 radical (unpaired) electrons. The van der Waals surface area contributed by atoms with Crippen molar-refractivity contribution in [3.8, 4) is 0 Å². The van der Waals surface area contributed by atoms with Crippen LogP contribution in [0.15, 0.2) is 0 Å². The Kier molecular flexibility index (Phi) is 9.60. The number of fused-ring (bicyclic) bond motifs is 1. The first-order valence-corrected chi connectivity index (χ1v) is 4.78. The van der Waals surface area contributed by atoms with E-state index in [9.17, 15) is 0 Å². The molecule has 4 N–H and O–H groups in total. The third kappa shape index (κ3) is 6.40. The Hall–Kier alpha value is -0.690. The first-order chi connectivity index (χ1) is 6.20. The SMILES string of the molecule is C1C[N+]C2CCCN2C1.CC(=O)[O-].O.O. The molecule has 0 saturated carbocycles.